The summed E-state index contributed by atoms with van der Waals surface area (Å²) in [6.07, 6.45) is 4.93. The van der Waals surface area contributed by atoms with Crippen molar-refractivity contribution in [3.8, 4) is 0 Å². The van der Waals surface area contributed by atoms with Crippen LogP contribution in [0.25, 0.3) is 5.65 Å². The number of aryl methyl sites for hydroxylation is 2. The first kappa shape index (κ1) is 16.1. The van der Waals surface area contributed by atoms with E-state index in [1.54, 1.807) is 0 Å². The number of hydrogen-bond acceptors (Lipinski definition) is 4. The molecule has 3 atom stereocenters. The van der Waals surface area contributed by atoms with Gasteiger partial charge < -0.3 is 9.80 Å². The fourth-order valence-electron chi connectivity index (χ4n) is 5.26. The zero-order valence-corrected chi connectivity index (χ0v) is 15.7. The van der Waals surface area contributed by atoms with E-state index < -0.39 is 0 Å². The van der Waals surface area contributed by atoms with Crippen LogP contribution >= 0.6 is 0 Å². The monoisotopic (exact) mass is 353 g/mol. The van der Waals surface area contributed by atoms with Crippen LogP contribution in [0.2, 0.25) is 0 Å². The fourth-order valence-corrected chi connectivity index (χ4v) is 5.26. The lowest BCUT2D eigenvalue weighted by atomic mass is 10.0. The van der Waals surface area contributed by atoms with Crippen LogP contribution in [-0.4, -0.2) is 51.6 Å². The largest absolute Gasteiger partial charge is 0.356 e. The number of likely N-dealkylation sites (tertiary alicyclic amines) is 1. The minimum Gasteiger partial charge on any atom is -0.356 e. The Morgan fingerprint density at radius 3 is 2.58 bits per heavy atom. The molecule has 5 rings (SSSR count). The lowest BCUT2D eigenvalue weighted by molar-refractivity contribution is -0.134. The maximum atomic E-state index is 13.1. The van der Waals surface area contributed by atoms with Crippen molar-refractivity contribution in [3.05, 3.63) is 23.5 Å². The fraction of sp³-hybridized carbons (Fsp3) is 0.650. The SMILES string of the molecule is Cc1cc(N2CCC(C(=O)N3CC4CCCC4C3)C2)n2nc(C)cc2n1. The van der Waals surface area contributed by atoms with E-state index >= 15 is 0 Å². The molecule has 1 amide bonds. The van der Waals surface area contributed by atoms with Crippen molar-refractivity contribution >= 4 is 17.4 Å². The number of aromatic nitrogens is 3. The smallest absolute Gasteiger partial charge is 0.227 e. The van der Waals surface area contributed by atoms with Crippen LogP contribution in [0.5, 0.6) is 0 Å². The van der Waals surface area contributed by atoms with Gasteiger partial charge in [0.15, 0.2) is 5.65 Å². The Morgan fingerprint density at radius 1 is 1.04 bits per heavy atom. The van der Waals surface area contributed by atoms with E-state index in [9.17, 15) is 4.79 Å². The van der Waals surface area contributed by atoms with Gasteiger partial charge in [-0.25, -0.2) is 4.98 Å². The molecule has 1 saturated carbocycles. The molecular formula is C20H27N5O. The van der Waals surface area contributed by atoms with E-state index in [0.717, 1.165) is 67.3 Å². The van der Waals surface area contributed by atoms with Gasteiger partial charge in [-0.1, -0.05) is 6.42 Å². The zero-order chi connectivity index (χ0) is 17.8. The van der Waals surface area contributed by atoms with Crippen LogP contribution in [-0.2, 0) is 4.79 Å². The molecule has 3 unspecified atom stereocenters. The first-order valence-electron chi connectivity index (χ1n) is 9.96. The predicted molar refractivity (Wildman–Crippen MR) is 100 cm³/mol. The van der Waals surface area contributed by atoms with Gasteiger partial charge in [0.1, 0.15) is 5.82 Å². The molecule has 3 fully saturated rings. The molecule has 138 valence electrons. The molecule has 6 heteroatoms. The topological polar surface area (TPSA) is 53.7 Å². The van der Waals surface area contributed by atoms with Gasteiger partial charge in [0.2, 0.25) is 5.91 Å². The van der Waals surface area contributed by atoms with E-state index in [4.69, 9.17) is 0 Å². The Balaban J connectivity index is 1.34. The molecule has 3 aliphatic rings. The van der Waals surface area contributed by atoms with Gasteiger partial charge in [-0.15, -0.1) is 0 Å². The number of fused-ring (bicyclic) bond motifs is 2. The highest BCUT2D eigenvalue weighted by Gasteiger charge is 2.41. The third-order valence-electron chi connectivity index (χ3n) is 6.56. The summed E-state index contributed by atoms with van der Waals surface area (Å²) in [4.78, 5) is 22.1. The third kappa shape index (κ3) is 2.58. The van der Waals surface area contributed by atoms with Crippen molar-refractivity contribution < 1.29 is 4.79 Å². The van der Waals surface area contributed by atoms with Crippen molar-refractivity contribution in [1.82, 2.24) is 19.5 Å². The molecule has 0 spiro atoms. The molecule has 0 N–H and O–H groups in total. The molecule has 2 aromatic rings. The van der Waals surface area contributed by atoms with Crippen LogP contribution in [0.3, 0.4) is 0 Å². The van der Waals surface area contributed by atoms with Crippen molar-refractivity contribution in [1.29, 1.82) is 0 Å². The van der Waals surface area contributed by atoms with Crippen molar-refractivity contribution in [3.63, 3.8) is 0 Å². The summed E-state index contributed by atoms with van der Waals surface area (Å²) < 4.78 is 1.93. The number of rotatable bonds is 2. The van der Waals surface area contributed by atoms with Gasteiger partial charge in [0.05, 0.1) is 11.6 Å². The Labute approximate surface area is 154 Å². The lowest BCUT2D eigenvalue weighted by Gasteiger charge is -2.23. The van der Waals surface area contributed by atoms with Gasteiger partial charge in [-0.2, -0.15) is 9.61 Å². The minimum absolute atomic E-state index is 0.119. The molecule has 2 aliphatic heterocycles. The number of hydrogen-bond donors (Lipinski definition) is 0. The summed E-state index contributed by atoms with van der Waals surface area (Å²) in [5.74, 6) is 3.10. The second-order valence-corrected chi connectivity index (χ2v) is 8.44. The summed E-state index contributed by atoms with van der Waals surface area (Å²) in [6.45, 7) is 7.71. The second kappa shape index (κ2) is 5.96. The summed E-state index contributed by atoms with van der Waals surface area (Å²) in [5.41, 5.74) is 2.86. The van der Waals surface area contributed by atoms with Crippen molar-refractivity contribution in [2.45, 2.75) is 39.5 Å². The van der Waals surface area contributed by atoms with Gasteiger partial charge in [-0.3, -0.25) is 4.79 Å². The van der Waals surface area contributed by atoms with E-state index in [0.29, 0.717) is 5.91 Å². The maximum Gasteiger partial charge on any atom is 0.227 e. The molecule has 0 bridgehead atoms. The van der Waals surface area contributed by atoms with Crippen molar-refractivity contribution in [2.75, 3.05) is 31.1 Å². The van der Waals surface area contributed by atoms with Crippen LogP contribution in [0.1, 0.15) is 37.1 Å². The Kier molecular flexibility index (Phi) is 3.69. The molecule has 4 heterocycles. The van der Waals surface area contributed by atoms with E-state index in [2.05, 4.69) is 25.9 Å². The lowest BCUT2D eigenvalue weighted by Crippen LogP contribution is -2.36. The first-order valence-corrected chi connectivity index (χ1v) is 9.96. The molecule has 1 aliphatic carbocycles. The molecule has 0 aromatic carbocycles. The second-order valence-electron chi connectivity index (χ2n) is 8.44. The number of amides is 1. The third-order valence-corrected chi connectivity index (χ3v) is 6.56. The number of anilines is 1. The normalized spacial score (nSPS) is 28.3. The van der Waals surface area contributed by atoms with Gasteiger partial charge in [-0.05, 0) is 44.9 Å². The predicted octanol–water partition coefficient (Wildman–Crippen LogP) is 2.43. The quantitative estimate of drug-likeness (QED) is 0.832. The van der Waals surface area contributed by atoms with E-state index in [-0.39, 0.29) is 5.92 Å². The molecule has 6 nitrogen and oxygen atoms in total. The van der Waals surface area contributed by atoms with Gasteiger partial charge in [0, 0.05) is 44.0 Å². The van der Waals surface area contributed by atoms with Crippen LogP contribution in [0, 0.1) is 31.6 Å². The number of carbonyl (C=O) groups is 1. The number of carbonyl (C=O) groups excluding carboxylic acids is 1. The van der Waals surface area contributed by atoms with Gasteiger partial charge in [0.25, 0.3) is 0 Å². The minimum atomic E-state index is 0.119. The number of nitrogens with zero attached hydrogens (tertiary/aromatic N) is 5. The summed E-state index contributed by atoms with van der Waals surface area (Å²) >= 11 is 0. The van der Waals surface area contributed by atoms with Crippen LogP contribution in [0.4, 0.5) is 5.82 Å². The average molecular weight is 353 g/mol. The van der Waals surface area contributed by atoms with E-state index in [1.165, 1.54) is 19.3 Å². The zero-order valence-electron chi connectivity index (χ0n) is 15.7. The molecule has 2 aromatic heterocycles. The maximum absolute atomic E-state index is 13.1. The molecule has 0 radical (unpaired) electrons. The highest BCUT2D eigenvalue weighted by Crippen LogP contribution is 2.38. The van der Waals surface area contributed by atoms with Gasteiger partial charge >= 0.3 is 0 Å². The molecule has 26 heavy (non-hydrogen) atoms. The first-order chi connectivity index (χ1) is 12.6. The summed E-state index contributed by atoms with van der Waals surface area (Å²) in [6, 6.07) is 4.10. The van der Waals surface area contributed by atoms with E-state index in [1.807, 2.05) is 24.4 Å². The van der Waals surface area contributed by atoms with Crippen LogP contribution < -0.4 is 4.90 Å². The molecular weight excluding hydrogens is 326 g/mol. The Bertz CT molecular complexity index is 847. The standard InChI is InChI=1S/C20H27N5O/c1-13-9-19(25-18(21-13)8-14(2)22-25)23-7-6-17(12-23)20(26)24-10-15-4-3-5-16(15)11-24/h8-9,15-17H,3-7,10-12H2,1-2H3. The summed E-state index contributed by atoms with van der Waals surface area (Å²) in [7, 11) is 0. The molecule has 2 saturated heterocycles. The highest BCUT2D eigenvalue weighted by molar-refractivity contribution is 5.80. The highest BCUT2D eigenvalue weighted by atomic mass is 16.2. The van der Waals surface area contributed by atoms with Crippen molar-refractivity contribution in [2.24, 2.45) is 17.8 Å². The Morgan fingerprint density at radius 2 is 1.81 bits per heavy atom. The van der Waals surface area contributed by atoms with Crippen LogP contribution in [0.15, 0.2) is 12.1 Å². The summed E-state index contributed by atoms with van der Waals surface area (Å²) in [5, 5.41) is 4.60. The average Bonchev–Trinajstić information content (AvgIpc) is 3.35. The Hall–Kier alpha value is -2.11.